The van der Waals surface area contributed by atoms with Gasteiger partial charge in [0.05, 0.1) is 12.3 Å². The van der Waals surface area contributed by atoms with Gasteiger partial charge in [0.1, 0.15) is 0 Å². The number of hydrogen-bond donors (Lipinski definition) is 1. The van der Waals surface area contributed by atoms with E-state index in [1.807, 2.05) is 25.2 Å². The van der Waals surface area contributed by atoms with Gasteiger partial charge in [-0.1, -0.05) is 23.4 Å². The highest BCUT2D eigenvalue weighted by molar-refractivity contribution is 5.80. The molecule has 1 saturated carbocycles. The molecule has 0 bridgehead atoms. The van der Waals surface area contributed by atoms with Crippen LogP contribution >= 0.6 is 0 Å². The molecule has 0 aliphatic heterocycles. The van der Waals surface area contributed by atoms with Gasteiger partial charge in [0.15, 0.2) is 0 Å². The minimum Gasteiger partial charge on any atom is -0.411 e. The van der Waals surface area contributed by atoms with Crippen LogP contribution in [0.4, 0.5) is 0 Å². The SMILES string of the molecule is C\C=C/C=C(\C=N\O)C(OC)C1CC1. The fraction of sp³-hybridized carbons (Fsp3) is 0.545. The van der Waals surface area contributed by atoms with Crippen molar-refractivity contribution in [1.29, 1.82) is 0 Å². The van der Waals surface area contributed by atoms with Gasteiger partial charge in [-0.3, -0.25) is 0 Å². The molecule has 0 aromatic rings. The fourth-order valence-electron chi connectivity index (χ4n) is 1.49. The average Bonchev–Trinajstić information content (AvgIpc) is 2.99. The number of oxime groups is 1. The monoisotopic (exact) mass is 195 g/mol. The Morgan fingerprint density at radius 2 is 2.29 bits per heavy atom. The van der Waals surface area contributed by atoms with E-state index < -0.39 is 0 Å². The third-order valence-electron chi connectivity index (χ3n) is 2.32. The lowest BCUT2D eigenvalue weighted by atomic mass is 10.1. The third-order valence-corrected chi connectivity index (χ3v) is 2.32. The zero-order chi connectivity index (χ0) is 10.4. The van der Waals surface area contributed by atoms with E-state index in [0.29, 0.717) is 5.92 Å². The molecule has 0 saturated heterocycles. The number of hydrogen-bond acceptors (Lipinski definition) is 3. The summed E-state index contributed by atoms with van der Waals surface area (Å²) in [6.07, 6.45) is 9.70. The molecule has 0 amide bonds. The topological polar surface area (TPSA) is 41.8 Å². The summed E-state index contributed by atoms with van der Waals surface area (Å²) >= 11 is 0. The van der Waals surface area contributed by atoms with Crippen molar-refractivity contribution in [3.63, 3.8) is 0 Å². The first-order valence-corrected chi connectivity index (χ1v) is 4.86. The fourth-order valence-corrected chi connectivity index (χ4v) is 1.49. The van der Waals surface area contributed by atoms with Gasteiger partial charge in [-0.25, -0.2) is 0 Å². The van der Waals surface area contributed by atoms with Gasteiger partial charge in [0, 0.05) is 12.7 Å². The molecule has 1 aliphatic carbocycles. The number of nitrogens with zero attached hydrogens (tertiary/aromatic N) is 1. The lowest BCUT2D eigenvalue weighted by Crippen LogP contribution is -2.17. The highest BCUT2D eigenvalue weighted by Gasteiger charge is 2.33. The molecule has 1 N–H and O–H groups in total. The minimum absolute atomic E-state index is 0.0714. The van der Waals surface area contributed by atoms with Gasteiger partial charge in [-0.2, -0.15) is 0 Å². The van der Waals surface area contributed by atoms with Gasteiger partial charge >= 0.3 is 0 Å². The van der Waals surface area contributed by atoms with Gasteiger partial charge in [0.25, 0.3) is 0 Å². The predicted octanol–water partition coefficient (Wildman–Crippen LogP) is 2.37. The molecule has 0 aromatic heterocycles. The maximum atomic E-state index is 8.53. The van der Waals surface area contributed by atoms with E-state index in [1.54, 1.807) is 7.11 Å². The van der Waals surface area contributed by atoms with E-state index in [2.05, 4.69) is 5.16 Å². The predicted molar refractivity (Wildman–Crippen MR) is 56.7 cm³/mol. The van der Waals surface area contributed by atoms with Crippen LogP contribution in [0.3, 0.4) is 0 Å². The normalized spacial score (nSPS) is 20.9. The average molecular weight is 195 g/mol. The number of allylic oxidation sites excluding steroid dienone is 3. The second-order valence-corrected chi connectivity index (χ2v) is 3.43. The van der Waals surface area contributed by atoms with E-state index in [0.717, 1.165) is 5.57 Å². The van der Waals surface area contributed by atoms with Crippen LogP contribution in [0.5, 0.6) is 0 Å². The Bertz CT molecular complexity index is 252. The van der Waals surface area contributed by atoms with Crippen molar-refractivity contribution < 1.29 is 9.94 Å². The molecule has 0 heterocycles. The standard InChI is InChI=1S/C11H17NO2/c1-3-4-5-10(8-12-13)11(14-2)9-6-7-9/h3-5,8-9,11,13H,6-7H2,1-2H3/b4-3-,10-5+,12-8+. The van der Waals surface area contributed by atoms with Crippen LogP contribution in [-0.2, 0) is 4.74 Å². The summed E-state index contributed by atoms with van der Waals surface area (Å²) in [6, 6.07) is 0. The zero-order valence-corrected chi connectivity index (χ0v) is 8.68. The zero-order valence-electron chi connectivity index (χ0n) is 8.68. The molecule has 3 nitrogen and oxygen atoms in total. The Balaban J connectivity index is 2.72. The van der Waals surface area contributed by atoms with Crippen LogP contribution in [-0.4, -0.2) is 24.6 Å². The van der Waals surface area contributed by atoms with Crippen molar-refractivity contribution in [2.45, 2.75) is 25.9 Å². The second kappa shape index (κ2) is 5.60. The number of ether oxygens (including phenoxy) is 1. The maximum absolute atomic E-state index is 8.53. The third kappa shape index (κ3) is 3.00. The van der Waals surface area contributed by atoms with Crippen molar-refractivity contribution in [2.24, 2.45) is 11.1 Å². The van der Waals surface area contributed by atoms with E-state index in [-0.39, 0.29) is 6.10 Å². The van der Waals surface area contributed by atoms with E-state index in [1.165, 1.54) is 19.1 Å². The molecule has 3 heteroatoms. The van der Waals surface area contributed by atoms with E-state index in [9.17, 15) is 0 Å². The molecule has 0 aromatic carbocycles. The Hall–Kier alpha value is -1.09. The lowest BCUT2D eigenvalue weighted by Gasteiger charge is -2.14. The van der Waals surface area contributed by atoms with Crippen LogP contribution in [0.15, 0.2) is 29.0 Å². The van der Waals surface area contributed by atoms with Crippen LogP contribution < -0.4 is 0 Å². The molecule has 1 fully saturated rings. The minimum atomic E-state index is 0.0714. The van der Waals surface area contributed by atoms with Crippen molar-refractivity contribution in [3.05, 3.63) is 23.8 Å². The Morgan fingerprint density at radius 3 is 2.71 bits per heavy atom. The Kier molecular flexibility index (Phi) is 4.40. The van der Waals surface area contributed by atoms with Crippen LogP contribution in [0.2, 0.25) is 0 Å². The molecule has 14 heavy (non-hydrogen) atoms. The first-order chi connectivity index (χ1) is 6.83. The number of rotatable bonds is 5. The molecule has 1 rings (SSSR count). The molecular formula is C11H17NO2. The summed E-state index contributed by atoms with van der Waals surface area (Å²) in [4.78, 5) is 0. The molecular weight excluding hydrogens is 178 g/mol. The Morgan fingerprint density at radius 1 is 1.57 bits per heavy atom. The lowest BCUT2D eigenvalue weighted by molar-refractivity contribution is 0.118. The quantitative estimate of drug-likeness (QED) is 0.317. The number of methoxy groups -OCH3 is 1. The molecule has 1 aliphatic rings. The maximum Gasteiger partial charge on any atom is 0.0865 e. The molecule has 78 valence electrons. The molecule has 0 spiro atoms. The van der Waals surface area contributed by atoms with Crippen molar-refractivity contribution in [1.82, 2.24) is 0 Å². The first kappa shape index (κ1) is 11.0. The van der Waals surface area contributed by atoms with Crippen molar-refractivity contribution in [3.8, 4) is 0 Å². The first-order valence-electron chi connectivity index (χ1n) is 4.86. The van der Waals surface area contributed by atoms with Crippen molar-refractivity contribution >= 4 is 6.21 Å². The molecule has 1 unspecified atom stereocenters. The van der Waals surface area contributed by atoms with Crippen molar-refractivity contribution in [2.75, 3.05) is 7.11 Å². The van der Waals surface area contributed by atoms with Gasteiger partial charge in [-0.05, 0) is 25.7 Å². The van der Waals surface area contributed by atoms with Crippen LogP contribution in [0.25, 0.3) is 0 Å². The van der Waals surface area contributed by atoms with E-state index in [4.69, 9.17) is 9.94 Å². The molecule has 0 radical (unpaired) electrons. The van der Waals surface area contributed by atoms with Crippen LogP contribution in [0, 0.1) is 5.92 Å². The largest absolute Gasteiger partial charge is 0.411 e. The smallest absolute Gasteiger partial charge is 0.0865 e. The second-order valence-electron chi connectivity index (χ2n) is 3.43. The summed E-state index contributed by atoms with van der Waals surface area (Å²) in [6.45, 7) is 1.95. The Labute approximate surface area is 84.8 Å². The van der Waals surface area contributed by atoms with E-state index >= 15 is 0 Å². The van der Waals surface area contributed by atoms with Crippen LogP contribution in [0.1, 0.15) is 19.8 Å². The van der Waals surface area contributed by atoms with Gasteiger partial charge in [0.2, 0.25) is 0 Å². The molecule has 1 atom stereocenters. The summed E-state index contributed by atoms with van der Waals surface area (Å²) < 4.78 is 5.38. The highest BCUT2D eigenvalue weighted by Crippen LogP contribution is 2.36. The van der Waals surface area contributed by atoms with Gasteiger partial charge < -0.3 is 9.94 Å². The van der Waals surface area contributed by atoms with Gasteiger partial charge in [-0.15, -0.1) is 0 Å². The summed E-state index contributed by atoms with van der Waals surface area (Å²) in [5, 5.41) is 11.6. The summed E-state index contributed by atoms with van der Waals surface area (Å²) in [5.74, 6) is 0.592. The summed E-state index contributed by atoms with van der Waals surface area (Å²) in [7, 11) is 1.69. The highest BCUT2D eigenvalue weighted by atomic mass is 16.5. The summed E-state index contributed by atoms with van der Waals surface area (Å²) in [5.41, 5.74) is 0.926.